The quantitative estimate of drug-likeness (QED) is 0.349. The van der Waals surface area contributed by atoms with Gasteiger partial charge >= 0.3 is 0 Å². The Kier molecular flexibility index (Phi) is 8.90. The number of hydrogen-bond acceptors (Lipinski definition) is 7. The third kappa shape index (κ3) is 6.00. The lowest BCUT2D eigenvalue weighted by molar-refractivity contribution is 0.0473. The highest BCUT2D eigenvalue weighted by molar-refractivity contribution is 5.98. The molecule has 0 unspecified atom stereocenters. The summed E-state index contributed by atoms with van der Waals surface area (Å²) in [6.07, 6.45) is 1.71. The summed E-state index contributed by atoms with van der Waals surface area (Å²) in [7, 11) is 4.73. The zero-order chi connectivity index (χ0) is 22.9. The van der Waals surface area contributed by atoms with Crippen LogP contribution in [0.15, 0.2) is 42.5 Å². The minimum Gasteiger partial charge on any atom is -0.468 e. The van der Waals surface area contributed by atoms with Crippen LogP contribution in [0.2, 0.25) is 0 Å². The molecule has 7 heteroatoms. The van der Waals surface area contributed by atoms with Crippen LogP contribution in [0.25, 0.3) is 0 Å². The largest absolute Gasteiger partial charge is 0.468 e. The van der Waals surface area contributed by atoms with E-state index in [2.05, 4.69) is 6.92 Å². The van der Waals surface area contributed by atoms with Crippen molar-refractivity contribution in [3.05, 3.63) is 53.6 Å². The van der Waals surface area contributed by atoms with Gasteiger partial charge < -0.3 is 28.4 Å². The fourth-order valence-electron chi connectivity index (χ4n) is 4.27. The molecule has 0 saturated heterocycles. The normalized spacial score (nSPS) is 20.2. The lowest BCUT2D eigenvalue weighted by Crippen LogP contribution is -2.19. The zero-order valence-corrected chi connectivity index (χ0v) is 19.2. The lowest BCUT2D eigenvalue weighted by Gasteiger charge is -2.23. The van der Waals surface area contributed by atoms with Gasteiger partial charge in [0.2, 0.25) is 0 Å². The summed E-state index contributed by atoms with van der Waals surface area (Å²) in [6, 6.07) is 12.9. The van der Waals surface area contributed by atoms with Crippen LogP contribution in [0.5, 0.6) is 17.2 Å². The molecule has 0 heterocycles. The van der Waals surface area contributed by atoms with Crippen molar-refractivity contribution in [1.82, 2.24) is 0 Å². The smallest absolute Gasteiger partial charge is 0.188 e. The van der Waals surface area contributed by atoms with E-state index < -0.39 is 0 Å². The molecule has 32 heavy (non-hydrogen) atoms. The van der Waals surface area contributed by atoms with E-state index >= 15 is 0 Å². The van der Waals surface area contributed by atoms with Gasteiger partial charge in [-0.25, -0.2) is 0 Å². The van der Waals surface area contributed by atoms with Crippen LogP contribution < -0.4 is 14.2 Å². The van der Waals surface area contributed by atoms with E-state index in [-0.39, 0.29) is 38.0 Å². The molecule has 2 aromatic rings. The molecule has 0 spiro atoms. The predicted octanol–water partition coefficient (Wildman–Crippen LogP) is 4.65. The third-order valence-electron chi connectivity index (χ3n) is 5.67. The summed E-state index contributed by atoms with van der Waals surface area (Å²) >= 11 is 0. The van der Waals surface area contributed by atoms with Crippen molar-refractivity contribution >= 4 is 5.78 Å². The summed E-state index contributed by atoms with van der Waals surface area (Å²) < 4.78 is 32.0. The Bertz CT molecular complexity index is 865. The number of hydrogen-bond donors (Lipinski definition) is 0. The lowest BCUT2D eigenvalue weighted by atomic mass is 9.83. The van der Waals surface area contributed by atoms with Crippen molar-refractivity contribution in [3.63, 3.8) is 0 Å². The van der Waals surface area contributed by atoms with Gasteiger partial charge in [-0.3, -0.25) is 4.79 Å². The summed E-state index contributed by atoms with van der Waals surface area (Å²) in [5, 5.41) is 0. The van der Waals surface area contributed by atoms with Crippen LogP contribution >= 0.6 is 0 Å². The average molecular weight is 445 g/mol. The van der Waals surface area contributed by atoms with Gasteiger partial charge in [-0.2, -0.15) is 0 Å². The number of ketones is 1. The van der Waals surface area contributed by atoms with Crippen molar-refractivity contribution < 1.29 is 33.2 Å². The van der Waals surface area contributed by atoms with Crippen LogP contribution in [-0.2, 0) is 14.2 Å². The first-order valence-electron chi connectivity index (χ1n) is 10.7. The van der Waals surface area contributed by atoms with Crippen LogP contribution in [0, 0.1) is 11.8 Å². The van der Waals surface area contributed by atoms with Crippen molar-refractivity contribution in [2.24, 2.45) is 11.8 Å². The second kappa shape index (κ2) is 11.9. The molecule has 0 radical (unpaired) electrons. The minimum absolute atomic E-state index is 0.0138. The highest BCUT2D eigenvalue weighted by Gasteiger charge is 2.39. The summed E-state index contributed by atoms with van der Waals surface area (Å²) in [5.41, 5.74) is 1.63. The zero-order valence-electron chi connectivity index (χ0n) is 19.2. The number of carbonyl (C=O) groups is 1. The maximum atomic E-state index is 13.5. The fourth-order valence-corrected chi connectivity index (χ4v) is 4.27. The molecule has 1 aliphatic rings. The van der Waals surface area contributed by atoms with E-state index in [0.29, 0.717) is 28.7 Å². The van der Waals surface area contributed by atoms with Crippen molar-refractivity contribution in [3.8, 4) is 17.2 Å². The molecule has 0 amide bonds. The minimum atomic E-state index is -0.154. The monoisotopic (exact) mass is 444 g/mol. The number of methoxy groups -OCH3 is 3. The van der Waals surface area contributed by atoms with E-state index in [1.165, 1.54) is 0 Å². The fraction of sp³-hybridized carbons (Fsp3) is 0.480. The molecule has 1 saturated carbocycles. The van der Waals surface area contributed by atoms with Gasteiger partial charge in [-0.15, -0.1) is 0 Å². The Morgan fingerprint density at radius 2 is 1.41 bits per heavy atom. The van der Waals surface area contributed by atoms with E-state index in [9.17, 15) is 4.79 Å². The SMILES string of the molecule is COCOc1ccc(C(=O)[C@H]2C[C@@H](C)C[C@H]2c2cc(OCOC)ccc2OCOC)cc1. The average Bonchev–Trinajstić information content (AvgIpc) is 3.21. The molecule has 174 valence electrons. The number of rotatable bonds is 12. The van der Waals surface area contributed by atoms with Crippen molar-refractivity contribution in [2.45, 2.75) is 25.7 Å². The highest BCUT2D eigenvalue weighted by Crippen LogP contribution is 2.48. The number of ether oxygens (including phenoxy) is 6. The van der Waals surface area contributed by atoms with Crippen molar-refractivity contribution in [2.75, 3.05) is 41.7 Å². The molecule has 2 aromatic carbocycles. The van der Waals surface area contributed by atoms with Crippen LogP contribution in [0.4, 0.5) is 0 Å². The van der Waals surface area contributed by atoms with Gasteiger partial charge in [0.15, 0.2) is 26.2 Å². The topological polar surface area (TPSA) is 72.5 Å². The molecule has 7 nitrogen and oxygen atoms in total. The molecule has 0 aromatic heterocycles. The Labute approximate surface area is 189 Å². The molecular formula is C25H32O7. The van der Waals surface area contributed by atoms with Gasteiger partial charge in [0.1, 0.15) is 17.2 Å². The standard InChI is InChI=1S/C25H32O7/c1-17-11-21(22-13-20(31-15-28-3)9-10-24(22)32-16-29-4)23(12-17)25(26)18-5-7-19(8-6-18)30-14-27-2/h5-10,13,17,21,23H,11-12,14-16H2,1-4H3/t17-,21-,23-/m0/s1. The maximum absolute atomic E-state index is 13.5. The first-order valence-corrected chi connectivity index (χ1v) is 10.7. The molecule has 0 bridgehead atoms. The Morgan fingerprint density at radius 3 is 2.06 bits per heavy atom. The third-order valence-corrected chi connectivity index (χ3v) is 5.67. The Hall–Kier alpha value is -2.61. The van der Waals surface area contributed by atoms with Gasteiger partial charge in [0, 0.05) is 38.4 Å². The Morgan fingerprint density at radius 1 is 0.812 bits per heavy atom. The first-order chi connectivity index (χ1) is 15.6. The van der Waals surface area contributed by atoms with Crippen molar-refractivity contribution in [1.29, 1.82) is 0 Å². The molecule has 0 N–H and O–H groups in total. The number of benzene rings is 2. The summed E-state index contributed by atoms with van der Waals surface area (Å²) in [5.74, 6) is 2.45. The van der Waals surface area contributed by atoms with Crippen LogP contribution in [-0.4, -0.2) is 47.5 Å². The summed E-state index contributed by atoms with van der Waals surface area (Å²) in [6.45, 7) is 2.64. The molecule has 1 fully saturated rings. The summed E-state index contributed by atoms with van der Waals surface area (Å²) in [4.78, 5) is 13.5. The molecule has 3 atom stereocenters. The molecule has 1 aliphatic carbocycles. The Balaban J connectivity index is 1.87. The van der Waals surface area contributed by atoms with E-state index in [1.54, 1.807) is 33.5 Å². The van der Waals surface area contributed by atoms with E-state index in [0.717, 1.165) is 18.4 Å². The van der Waals surface area contributed by atoms with E-state index in [4.69, 9.17) is 28.4 Å². The van der Waals surface area contributed by atoms with Crippen LogP contribution in [0.1, 0.15) is 41.6 Å². The molecule has 3 rings (SSSR count). The van der Waals surface area contributed by atoms with Gasteiger partial charge in [0.05, 0.1) is 0 Å². The first kappa shape index (κ1) is 24.0. The highest BCUT2D eigenvalue weighted by atomic mass is 16.7. The second-order valence-electron chi connectivity index (χ2n) is 8.03. The number of Topliss-reactive ketones (excluding diaryl/α,β-unsaturated/α-hetero) is 1. The molecular weight excluding hydrogens is 412 g/mol. The van der Waals surface area contributed by atoms with Gasteiger partial charge in [-0.05, 0) is 67.1 Å². The van der Waals surface area contributed by atoms with Gasteiger partial charge in [-0.1, -0.05) is 6.92 Å². The van der Waals surface area contributed by atoms with Gasteiger partial charge in [0.25, 0.3) is 0 Å². The predicted molar refractivity (Wildman–Crippen MR) is 119 cm³/mol. The van der Waals surface area contributed by atoms with E-state index in [1.807, 2.05) is 30.3 Å². The van der Waals surface area contributed by atoms with Crippen LogP contribution in [0.3, 0.4) is 0 Å². The number of carbonyl (C=O) groups excluding carboxylic acids is 1. The molecule has 0 aliphatic heterocycles. The second-order valence-corrected chi connectivity index (χ2v) is 8.03. The maximum Gasteiger partial charge on any atom is 0.188 e.